The Labute approximate surface area is 143 Å². The maximum atomic E-state index is 12.5. The Hall–Kier alpha value is -2.33. The molecule has 0 spiro atoms. The molecule has 0 unspecified atom stereocenters. The number of piperidine rings is 1. The van der Waals surface area contributed by atoms with Crippen molar-refractivity contribution in [2.45, 2.75) is 19.8 Å². The molecule has 1 amide bonds. The first kappa shape index (κ1) is 16.5. The van der Waals surface area contributed by atoms with E-state index in [0.29, 0.717) is 11.5 Å². The number of aliphatic hydroxyl groups is 1. The van der Waals surface area contributed by atoms with E-state index in [9.17, 15) is 9.90 Å². The van der Waals surface area contributed by atoms with Crippen LogP contribution in [0.1, 0.15) is 28.8 Å². The second-order valence-corrected chi connectivity index (χ2v) is 6.45. The van der Waals surface area contributed by atoms with Crippen LogP contribution in [0.15, 0.2) is 48.5 Å². The highest BCUT2D eigenvalue weighted by Gasteiger charge is 2.21. The topological polar surface area (TPSA) is 52.6 Å². The molecule has 0 saturated carbocycles. The van der Waals surface area contributed by atoms with E-state index < -0.39 is 0 Å². The summed E-state index contributed by atoms with van der Waals surface area (Å²) in [6.07, 6.45) is 1.97. The van der Waals surface area contributed by atoms with E-state index in [1.54, 1.807) is 0 Å². The maximum absolute atomic E-state index is 12.5. The number of hydrogen-bond acceptors (Lipinski definition) is 3. The summed E-state index contributed by atoms with van der Waals surface area (Å²) < 4.78 is 0. The van der Waals surface area contributed by atoms with Crippen molar-refractivity contribution >= 4 is 17.3 Å². The zero-order valence-electron chi connectivity index (χ0n) is 14.0. The van der Waals surface area contributed by atoms with Gasteiger partial charge in [0.25, 0.3) is 5.91 Å². The lowest BCUT2D eigenvalue weighted by molar-refractivity contribution is 0.102. The molecule has 2 aromatic rings. The average molecular weight is 324 g/mol. The lowest BCUT2D eigenvalue weighted by Gasteiger charge is -2.34. The second-order valence-electron chi connectivity index (χ2n) is 6.45. The quantitative estimate of drug-likeness (QED) is 0.905. The molecule has 0 aliphatic carbocycles. The Bertz CT molecular complexity index is 706. The van der Waals surface area contributed by atoms with Gasteiger partial charge in [0.05, 0.1) is 11.4 Å². The molecule has 2 N–H and O–H groups in total. The van der Waals surface area contributed by atoms with Crippen LogP contribution in [0, 0.1) is 12.8 Å². The van der Waals surface area contributed by atoms with Crippen molar-refractivity contribution < 1.29 is 9.90 Å². The van der Waals surface area contributed by atoms with Gasteiger partial charge in [-0.05, 0) is 49.9 Å². The number of carbonyl (C=O) groups excluding carboxylic acids is 1. The van der Waals surface area contributed by atoms with Crippen LogP contribution in [0.4, 0.5) is 11.4 Å². The van der Waals surface area contributed by atoms with Crippen LogP contribution in [0.5, 0.6) is 0 Å². The van der Waals surface area contributed by atoms with E-state index in [1.807, 2.05) is 55.5 Å². The van der Waals surface area contributed by atoms with E-state index in [-0.39, 0.29) is 12.5 Å². The molecule has 2 aromatic carbocycles. The Morgan fingerprint density at radius 3 is 2.62 bits per heavy atom. The number of carbonyl (C=O) groups is 1. The first-order chi connectivity index (χ1) is 11.7. The van der Waals surface area contributed by atoms with Crippen molar-refractivity contribution in [2.75, 3.05) is 29.9 Å². The highest BCUT2D eigenvalue weighted by molar-refractivity contribution is 6.06. The summed E-state index contributed by atoms with van der Waals surface area (Å²) in [5, 5.41) is 12.3. The van der Waals surface area contributed by atoms with Crippen molar-refractivity contribution in [1.82, 2.24) is 0 Å². The van der Waals surface area contributed by atoms with Gasteiger partial charge in [0, 0.05) is 25.3 Å². The van der Waals surface area contributed by atoms with Crippen molar-refractivity contribution in [2.24, 2.45) is 5.92 Å². The molecule has 24 heavy (non-hydrogen) atoms. The molecule has 0 aromatic heterocycles. The molecular formula is C20H24N2O2. The summed E-state index contributed by atoms with van der Waals surface area (Å²) in [4.78, 5) is 14.8. The van der Waals surface area contributed by atoms with E-state index in [0.717, 1.165) is 42.9 Å². The van der Waals surface area contributed by atoms with Crippen LogP contribution in [-0.2, 0) is 0 Å². The minimum absolute atomic E-state index is 0.0867. The van der Waals surface area contributed by atoms with Crippen LogP contribution in [0.2, 0.25) is 0 Å². The number of benzene rings is 2. The molecule has 3 rings (SSSR count). The standard InChI is InChI=1S/C20H24N2O2/c1-15-5-4-6-17(13-15)20(24)21-18-7-2-3-8-19(18)22-11-9-16(14-23)10-12-22/h2-8,13,16,23H,9-12,14H2,1H3,(H,21,24). The Morgan fingerprint density at radius 1 is 1.17 bits per heavy atom. The molecule has 1 saturated heterocycles. The molecular weight excluding hydrogens is 300 g/mol. The van der Waals surface area contributed by atoms with Crippen LogP contribution in [-0.4, -0.2) is 30.7 Å². The van der Waals surface area contributed by atoms with Gasteiger partial charge in [0.1, 0.15) is 0 Å². The summed E-state index contributed by atoms with van der Waals surface area (Å²) in [6.45, 7) is 4.06. The fraction of sp³-hybridized carbons (Fsp3) is 0.350. The molecule has 1 aliphatic rings. The third-order valence-electron chi connectivity index (χ3n) is 4.65. The van der Waals surface area contributed by atoms with E-state index in [1.165, 1.54) is 0 Å². The predicted molar refractivity (Wildman–Crippen MR) is 97.6 cm³/mol. The normalized spacial score (nSPS) is 15.3. The third-order valence-corrected chi connectivity index (χ3v) is 4.65. The summed E-state index contributed by atoms with van der Waals surface area (Å²) in [6, 6.07) is 15.5. The number of nitrogens with zero attached hydrogens (tertiary/aromatic N) is 1. The van der Waals surface area contributed by atoms with Gasteiger partial charge in [-0.25, -0.2) is 0 Å². The number of amides is 1. The van der Waals surface area contributed by atoms with Crippen LogP contribution in [0.3, 0.4) is 0 Å². The number of para-hydroxylation sites is 2. The molecule has 4 nitrogen and oxygen atoms in total. The van der Waals surface area contributed by atoms with Crippen LogP contribution >= 0.6 is 0 Å². The average Bonchev–Trinajstić information content (AvgIpc) is 2.62. The first-order valence-electron chi connectivity index (χ1n) is 8.50. The summed E-state index contributed by atoms with van der Waals surface area (Å²) >= 11 is 0. The molecule has 1 fully saturated rings. The molecule has 4 heteroatoms. The molecule has 1 heterocycles. The molecule has 126 valence electrons. The summed E-state index contributed by atoms with van der Waals surface area (Å²) in [5.74, 6) is 0.312. The molecule has 0 radical (unpaired) electrons. The van der Waals surface area contributed by atoms with Gasteiger partial charge in [-0.2, -0.15) is 0 Å². The van der Waals surface area contributed by atoms with Crippen molar-refractivity contribution in [3.8, 4) is 0 Å². The zero-order valence-corrected chi connectivity index (χ0v) is 14.0. The summed E-state index contributed by atoms with van der Waals surface area (Å²) in [5.41, 5.74) is 3.63. The monoisotopic (exact) mass is 324 g/mol. The molecule has 0 bridgehead atoms. The highest BCUT2D eigenvalue weighted by Crippen LogP contribution is 2.30. The number of rotatable bonds is 4. The van der Waals surface area contributed by atoms with Gasteiger partial charge in [-0.3, -0.25) is 4.79 Å². The zero-order chi connectivity index (χ0) is 16.9. The number of aliphatic hydroxyl groups excluding tert-OH is 1. The Balaban J connectivity index is 1.76. The van der Waals surface area contributed by atoms with Gasteiger partial charge in [0.15, 0.2) is 0 Å². The van der Waals surface area contributed by atoms with E-state index >= 15 is 0 Å². The number of hydrogen-bond donors (Lipinski definition) is 2. The fourth-order valence-corrected chi connectivity index (χ4v) is 3.19. The summed E-state index contributed by atoms with van der Waals surface area (Å²) in [7, 11) is 0. The Morgan fingerprint density at radius 2 is 1.92 bits per heavy atom. The minimum Gasteiger partial charge on any atom is -0.396 e. The smallest absolute Gasteiger partial charge is 0.255 e. The largest absolute Gasteiger partial charge is 0.396 e. The van der Waals surface area contributed by atoms with Crippen LogP contribution in [0.25, 0.3) is 0 Å². The minimum atomic E-state index is -0.0867. The van der Waals surface area contributed by atoms with Gasteiger partial charge in [-0.1, -0.05) is 29.8 Å². The molecule has 0 atom stereocenters. The lowest BCUT2D eigenvalue weighted by Crippen LogP contribution is -2.35. The lowest BCUT2D eigenvalue weighted by atomic mass is 9.97. The number of nitrogens with one attached hydrogen (secondary N) is 1. The first-order valence-corrected chi connectivity index (χ1v) is 8.50. The van der Waals surface area contributed by atoms with Crippen molar-refractivity contribution in [3.05, 3.63) is 59.7 Å². The number of anilines is 2. The fourth-order valence-electron chi connectivity index (χ4n) is 3.19. The SMILES string of the molecule is Cc1cccc(C(=O)Nc2ccccc2N2CCC(CO)CC2)c1. The van der Waals surface area contributed by atoms with Crippen molar-refractivity contribution in [1.29, 1.82) is 0 Å². The van der Waals surface area contributed by atoms with E-state index in [2.05, 4.69) is 10.2 Å². The van der Waals surface area contributed by atoms with Crippen LogP contribution < -0.4 is 10.2 Å². The Kier molecular flexibility index (Phi) is 5.16. The predicted octanol–water partition coefficient (Wildman–Crippen LogP) is 3.46. The number of aryl methyl sites for hydroxylation is 1. The molecule has 1 aliphatic heterocycles. The maximum Gasteiger partial charge on any atom is 0.255 e. The third kappa shape index (κ3) is 3.77. The highest BCUT2D eigenvalue weighted by atomic mass is 16.3. The van der Waals surface area contributed by atoms with Gasteiger partial charge >= 0.3 is 0 Å². The van der Waals surface area contributed by atoms with Gasteiger partial charge in [-0.15, -0.1) is 0 Å². The van der Waals surface area contributed by atoms with Crippen molar-refractivity contribution in [3.63, 3.8) is 0 Å². The van der Waals surface area contributed by atoms with Gasteiger partial charge < -0.3 is 15.3 Å². The van der Waals surface area contributed by atoms with E-state index in [4.69, 9.17) is 0 Å². The van der Waals surface area contributed by atoms with Gasteiger partial charge in [0.2, 0.25) is 0 Å². The second kappa shape index (κ2) is 7.49.